The van der Waals surface area contributed by atoms with E-state index in [1.165, 1.54) is 19.3 Å². The van der Waals surface area contributed by atoms with Gasteiger partial charge in [-0.15, -0.1) is 0 Å². The van der Waals surface area contributed by atoms with Gasteiger partial charge in [-0.25, -0.2) is 4.79 Å². The van der Waals surface area contributed by atoms with E-state index in [2.05, 4.69) is 25.8 Å². The predicted molar refractivity (Wildman–Crippen MR) is 127 cm³/mol. The molecule has 0 spiro atoms. The summed E-state index contributed by atoms with van der Waals surface area (Å²) in [5.74, 6) is -0.931. The molecule has 2 N–H and O–H groups in total. The van der Waals surface area contributed by atoms with E-state index in [0.29, 0.717) is 6.04 Å². The zero-order valence-corrected chi connectivity index (χ0v) is 18.5. The van der Waals surface area contributed by atoms with Crippen molar-refractivity contribution in [3.63, 3.8) is 0 Å². The minimum absolute atomic E-state index is 0.0380. The molecule has 32 heavy (non-hydrogen) atoms. The van der Waals surface area contributed by atoms with Crippen LogP contribution in [0.3, 0.4) is 0 Å². The molecule has 2 aromatic heterocycles. The Morgan fingerprint density at radius 2 is 1.91 bits per heavy atom. The van der Waals surface area contributed by atoms with Crippen LogP contribution in [-0.2, 0) is 0 Å². The van der Waals surface area contributed by atoms with Crippen molar-refractivity contribution < 1.29 is 9.90 Å². The first kappa shape index (κ1) is 20.7. The summed E-state index contributed by atoms with van der Waals surface area (Å²) < 4.78 is 2.08. The Morgan fingerprint density at radius 1 is 1.06 bits per heavy atom. The molecule has 0 bridgehead atoms. The zero-order chi connectivity index (χ0) is 22.1. The van der Waals surface area contributed by atoms with E-state index < -0.39 is 5.97 Å². The highest BCUT2D eigenvalue weighted by Crippen LogP contribution is 2.43. The smallest absolute Gasteiger partial charge is 0.335 e. The Balaban J connectivity index is 1.61. The summed E-state index contributed by atoms with van der Waals surface area (Å²) >= 11 is 5.86. The van der Waals surface area contributed by atoms with Gasteiger partial charge in [0, 0.05) is 29.8 Å². The molecule has 0 amide bonds. The number of nitrogens with zero attached hydrogens (tertiary/aromatic N) is 3. The molecule has 1 aromatic carbocycles. The van der Waals surface area contributed by atoms with Crippen molar-refractivity contribution in [2.24, 2.45) is 0 Å². The maximum absolute atomic E-state index is 11.5. The van der Waals surface area contributed by atoms with Crippen LogP contribution in [-0.4, -0.2) is 36.7 Å². The molecule has 1 aliphatic heterocycles. The number of pyridine rings is 1. The molecule has 1 saturated heterocycles. The summed E-state index contributed by atoms with van der Waals surface area (Å²) in [4.78, 5) is 18.6. The summed E-state index contributed by atoms with van der Waals surface area (Å²) in [5, 5.41) is 13.8. The maximum atomic E-state index is 11.5. The molecule has 1 saturated carbocycles. The number of carboxylic acid groups (broad SMARTS) is 1. The van der Waals surface area contributed by atoms with Gasteiger partial charge in [-0.05, 0) is 67.5 Å². The van der Waals surface area contributed by atoms with Crippen molar-refractivity contribution in [3.8, 4) is 5.69 Å². The van der Waals surface area contributed by atoms with Crippen LogP contribution in [0.1, 0.15) is 65.9 Å². The van der Waals surface area contributed by atoms with Crippen LogP contribution in [0.4, 0.5) is 0 Å². The van der Waals surface area contributed by atoms with Gasteiger partial charge in [0.2, 0.25) is 0 Å². The molecule has 6 nitrogen and oxygen atoms in total. The van der Waals surface area contributed by atoms with Crippen LogP contribution >= 0.6 is 12.2 Å². The monoisotopic (exact) mass is 446 g/mol. The second kappa shape index (κ2) is 8.74. The quantitative estimate of drug-likeness (QED) is 0.545. The van der Waals surface area contributed by atoms with Gasteiger partial charge in [-0.3, -0.25) is 4.98 Å². The van der Waals surface area contributed by atoms with E-state index in [4.69, 9.17) is 12.2 Å². The van der Waals surface area contributed by atoms with Crippen molar-refractivity contribution >= 4 is 23.3 Å². The Labute approximate surface area is 192 Å². The standard InChI is InChI=1S/C25H26N4O2S/c30-24(31)17-8-6-11-19(16-17)28-15-7-13-21(28)23-22(20-12-4-5-14-26-20)27-25(32)29(23)18-9-2-1-3-10-18/h4-8,11-16,18,22-23H,1-3,9-10H2,(H,27,32)(H,30,31)/t22-,23+/m0/s1. The topological polar surface area (TPSA) is 70.4 Å². The average molecular weight is 447 g/mol. The van der Waals surface area contributed by atoms with Crippen LogP contribution < -0.4 is 5.32 Å². The predicted octanol–water partition coefficient (Wildman–Crippen LogP) is 4.88. The SMILES string of the molecule is O=C(O)c1cccc(-n2cccc2[C@@H]2[C@H](c3ccccn3)NC(=S)N2C2CCCCC2)c1. The van der Waals surface area contributed by atoms with Gasteiger partial charge in [0.05, 0.1) is 23.3 Å². The number of carboxylic acids is 1. The Morgan fingerprint density at radius 3 is 2.66 bits per heavy atom. The summed E-state index contributed by atoms with van der Waals surface area (Å²) in [6, 6.07) is 17.4. The van der Waals surface area contributed by atoms with Crippen LogP contribution in [0.25, 0.3) is 5.69 Å². The van der Waals surface area contributed by atoms with E-state index >= 15 is 0 Å². The van der Waals surface area contributed by atoms with E-state index in [9.17, 15) is 9.90 Å². The van der Waals surface area contributed by atoms with Gasteiger partial charge >= 0.3 is 5.97 Å². The van der Waals surface area contributed by atoms with E-state index in [0.717, 1.165) is 35.0 Å². The second-order valence-corrected chi connectivity index (χ2v) is 8.87. The highest BCUT2D eigenvalue weighted by molar-refractivity contribution is 7.80. The van der Waals surface area contributed by atoms with Crippen molar-refractivity contribution in [1.82, 2.24) is 19.8 Å². The van der Waals surface area contributed by atoms with Gasteiger partial charge in [-0.2, -0.15) is 0 Å². The van der Waals surface area contributed by atoms with Crippen LogP contribution in [0.2, 0.25) is 0 Å². The molecule has 0 radical (unpaired) electrons. The van der Waals surface area contributed by atoms with E-state index in [1.54, 1.807) is 18.2 Å². The molecule has 2 fully saturated rings. The van der Waals surface area contributed by atoms with Crippen LogP contribution in [0.15, 0.2) is 67.0 Å². The lowest BCUT2D eigenvalue weighted by Gasteiger charge is -2.37. The van der Waals surface area contributed by atoms with Crippen LogP contribution in [0.5, 0.6) is 0 Å². The molecular weight excluding hydrogens is 420 g/mol. The molecule has 0 unspecified atom stereocenters. The minimum atomic E-state index is -0.931. The highest BCUT2D eigenvalue weighted by Gasteiger charge is 2.44. The average Bonchev–Trinajstić information content (AvgIpc) is 3.44. The van der Waals surface area contributed by atoms with Gasteiger partial charge in [0.15, 0.2) is 5.11 Å². The zero-order valence-electron chi connectivity index (χ0n) is 17.7. The van der Waals surface area contributed by atoms with E-state index in [1.807, 2.05) is 42.7 Å². The molecule has 164 valence electrons. The highest BCUT2D eigenvalue weighted by atomic mass is 32.1. The summed E-state index contributed by atoms with van der Waals surface area (Å²) in [6.07, 6.45) is 9.77. The fourth-order valence-corrected chi connectivity index (χ4v) is 5.48. The number of benzene rings is 1. The maximum Gasteiger partial charge on any atom is 0.335 e. The number of hydrogen-bond donors (Lipinski definition) is 2. The Bertz CT molecular complexity index is 1120. The van der Waals surface area contributed by atoms with Gasteiger partial charge in [0.1, 0.15) is 0 Å². The largest absolute Gasteiger partial charge is 0.478 e. The van der Waals surface area contributed by atoms with Gasteiger partial charge < -0.3 is 19.9 Å². The van der Waals surface area contributed by atoms with Crippen molar-refractivity contribution in [1.29, 1.82) is 0 Å². The molecule has 3 heterocycles. The van der Waals surface area contributed by atoms with Gasteiger partial charge in [-0.1, -0.05) is 31.4 Å². The third-order valence-corrected chi connectivity index (χ3v) is 6.89. The van der Waals surface area contributed by atoms with E-state index in [-0.39, 0.29) is 17.6 Å². The molecule has 5 rings (SSSR count). The second-order valence-electron chi connectivity index (χ2n) is 8.48. The third kappa shape index (κ3) is 3.77. The first-order valence-corrected chi connectivity index (χ1v) is 11.5. The van der Waals surface area contributed by atoms with Crippen molar-refractivity contribution in [3.05, 3.63) is 83.9 Å². The number of carbonyl (C=O) groups is 1. The molecule has 2 aliphatic rings. The number of aromatic carboxylic acids is 1. The Hall–Kier alpha value is -3.19. The molecule has 3 aromatic rings. The first-order valence-electron chi connectivity index (χ1n) is 11.1. The van der Waals surface area contributed by atoms with Crippen molar-refractivity contribution in [2.75, 3.05) is 0 Å². The van der Waals surface area contributed by atoms with Gasteiger partial charge in [0.25, 0.3) is 0 Å². The summed E-state index contributed by atoms with van der Waals surface area (Å²) in [5.41, 5.74) is 3.12. The fraction of sp³-hybridized carbons (Fsp3) is 0.320. The summed E-state index contributed by atoms with van der Waals surface area (Å²) in [7, 11) is 0. The lowest BCUT2D eigenvalue weighted by atomic mass is 9.92. The number of thiocarbonyl (C=S) groups is 1. The van der Waals surface area contributed by atoms with Crippen LogP contribution in [0, 0.1) is 0 Å². The number of rotatable bonds is 5. The lowest BCUT2D eigenvalue weighted by Crippen LogP contribution is -2.40. The lowest BCUT2D eigenvalue weighted by molar-refractivity contribution is 0.0697. The number of hydrogen-bond acceptors (Lipinski definition) is 3. The molecular formula is C25H26N4O2S. The number of nitrogens with one attached hydrogen (secondary N) is 1. The minimum Gasteiger partial charge on any atom is -0.478 e. The molecule has 7 heteroatoms. The third-order valence-electron chi connectivity index (χ3n) is 6.56. The summed E-state index contributed by atoms with van der Waals surface area (Å²) in [6.45, 7) is 0. The molecule has 1 aliphatic carbocycles. The molecule has 2 atom stereocenters. The van der Waals surface area contributed by atoms with Crippen molar-refractivity contribution in [2.45, 2.75) is 50.2 Å². The Kier molecular flexibility index (Phi) is 5.66. The number of aromatic nitrogens is 2. The first-order chi connectivity index (χ1) is 15.6. The fourth-order valence-electron chi connectivity index (χ4n) is 5.09. The normalized spacial score (nSPS) is 21.5.